The zero-order valence-electron chi connectivity index (χ0n) is 12.7. The van der Waals surface area contributed by atoms with E-state index in [4.69, 9.17) is 5.73 Å². The number of hydrogen-bond donors (Lipinski definition) is 2. The summed E-state index contributed by atoms with van der Waals surface area (Å²) in [6.07, 6.45) is 6.30. The quantitative estimate of drug-likeness (QED) is 0.596. The van der Waals surface area contributed by atoms with Crippen molar-refractivity contribution >= 4 is 11.2 Å². The van der Waals surface area contributed by atoms with Crippen LogP contribution in [0.3, 0.4) is 0 Å². The van der Waals surface area contributed by atoms with Gasteiger partial charge < -0.3 is 10.1 Å². The number of fused-ring (bicyclic) bond motifs is 1. The number of aromatic nitrogens is 7. The van der Waals surface area contributed by atoms with Gasteiger partial charge in [0, 0.05) is 30.1 Å². The zero-order chi connectivity index (χ0) is 16.8. The normalized spacial score (nSPS) is 11.2. The van der Waals surface area contributed by atoms with Crippen LogP contribution in [0.4, 0.5) is 4.39 Å². The third-order valence-electron chi connectivity index (χ3n) is 3.74. The molecule has 0 amide bonds. The molecule has 9 heteroatoms. The summed E-state index contributed by atoms with van der Waals surface area (Å²) in [7, 11) is 1.63. The van der Waals surface area contributed by atoms with Crippen molar-refractivity contribution < 1.29 is 4.39 Å². The van der Waals surface area contributed by atoms with Crippen molar-refractivity contribution in [3.63, 3.8) is 0 Å². The lowest BCUT2D eigenvalue weighted by Crippen LogP contribution is -1.98. The standard InChI is InChI=1S/C15H13FN8/c1-8(17)9-3-10(12-5-18-7-24(12)6-9)14-20-15(22-21-14)13-11(16)4-19-23(13)2/h3-7H,1,17H2,2H3,(H,20,21,22). The van der Waals surface area contributed by atoms with Crippen molar-refractivity contribution in [1.82, 2.24) is 34.3 Å². The van der Waals surface area contributed by atoms with Gasteiger partial charge in [-0.1, -0.05) is 6.58 Å². The van der Waals surface area contributed by atoms with Crippen LogP contribution in [-0.4, -0.2) is 34.3 Å². The first-order valence-electron chi connectivity index (χ1n) is 7.05. The van der Waals surface area contributed by atoms with Gasteiger partial charge in [-0.3, -0.25) is 9.78 Å². The van der Waals surface area contributed by atoms with Gasteiger partial charge >= 0.3 is 0 Å². The third kappa shape index (κ3) is 2.06. The van der Waals surface area contributed by atoms with Gasteiger partial charge in [-0.15, -0.1) is 0 Å². The van der Waals surface area contributed by atoms with E-state index >= 15 is 0 Å². The Bertz CT molecular complexity index is 1050. The average molecular weight is 324 g/mol. The van der Waals surface area contributed by atoms with Crippen LogP contribution in [-0.2, 0) is 7.05 Å². The Morgan fingerprint density at radius 1 is 1.38 bits per heavy atom. The highest BCUT2D eigenvalue weighted by atomic mass is 19.1. The van der Waals surface area contributed by atoms with Crippen LogP contribution < -0.4 is 5.73 Å². The van der Waals surface area contributed by atoms with E-state index in [1.165, 1.54) is 4.68 Å². The molecule has 0 aliphatic heterocycles. The van der Waals surface area contributed by atoms with Crippen LogP contribution in [0.5, 0.6) is 0 Å². The molecule has 24 heavy (non-hydrogen) atoms. The molecule has 4 aromatic heterocycles. The summed E-state index contributed by atoms with van der Waals surface area (Å²) in [5, 5.41) is 10.8. The van der Waals surface area contributed by atoms with Gasteiger partial charge in [0.1, 0.15) is 5.69 Å². The lowest BCUT2D eigenvalue weighted by Gasteiger charge is -2.05. The van der Waals surface area contributed by atoms with Crippen LogP contribution in [0, 0.1) is 5.82 Å². The van der Waals surface area contributed by atoms with Crippen LogP contribution in [0.1, 0.15) is 5.56 Å². The van der Waals surface area contributed by atoms with E-state index in [2.05, 4.69) is 31.8 Å². The second-order valence-corrected chi connectivity index (χ2v) is 5.33. The molecule has 4 aromatic rings. The molecule has 0 atom stereocenters. The highest BCUT2D eigenvalue weighted by molar-refractivity contribution is 5.80. The first-order valence-corrected chi connectivity index (χ1v) is 7.05. The first kappa shape index (κ1) is 14.1. The van der Waals surface area contributed by atoms with Gasteiger partial charge in [-0.05, 0) is 6.07 Å². The molecule has 0 aliphatic rings. The number of nitrogens with two attached hydrogens (primary N) is 1. The maximum Gasteiger partial charge on any atom is 0.183 e. The topological polar surface area (TPSA) is 103 Å². The van der Waals surface area contributed by atoms with Crippen molar-refractivity contribution in [1.29, 1.82) is 0 Å². The summed E-state index contributed by atoms with van der Waals surface area (Å²) >= 11 is 0. The maximum atomic E-state index is 13.9. The molecule has 0 radical (unpaired) electrons. The minimum Gasteiger partial charge on any atom is -0.399 e. The molecule has 0 saturated heterocycles. The average Bonchev–Trinajstić information content (AvgIpc) is 3.26. The van der Waals surface area contributed by atoms with Gasteiger partial charge in [-0.2, -0.15) is 10.2 Å². The molecule has 0 spiro atoms. The molecule has 0 fully saturated rings. The van der Waals surface area contributed by atoms with E-state index < -0.39 is 5.82 Å². The number of aromatic amines is 1. The molecule has 0 unspecified atom stereocenters. The molecule has 0 saturated carbocycles. The fourth-order valence-corrected chi connectivity index (χ4v) is 2.55. The largest absolute Gasteiger partial charge is 0.399 e. The minimum absolute atomic E-state index is 0.234. The van der Waals surface area contributed by atoms with Gasteiger partial charge in [0.15, 0.2) is 17.5 Å². The molecular formula is C15H13FN8. The van der Waals surface area contributed by atoms with Crippen molar-refractivity contribution in [2.45, 2.75) is 0 Å². The monoisotopic (exact) mass is 324 g/mol. The second kappa shape index (κ2) is 5.01. The lowest BCUT2D eigenvalue weighted by atomic mass is 10.1. The van der Waals surface area contributed by atoms with E-state index in [0.717, 1.165) is 17.3 Å². The second-order valence-electron chi connectivity index (χ2n) is 5.33. The summed E-state index contributed by atoms with van der Waals surface area (Å²) in [5.74, 6) is 0.218. The molecule has 8 nitrogen and oxygen atoms in total. The number of imidazole rings is 1. The number of halogens is 1. The summed E-state index contributed by atoms with van der Waals surface area (Å²) in [6.45, 7) is 3.75. The Morgan fingerprint density at radius 3 is 2.92 bits per heavy atom. The number of aryl methyl sites for hydroxylation is 1. The molecule has 0 bridgehead atoms. The molecule has 0 aromatic carbocycles. The van der Waals surface area contributed by atoms with Crippen LogP contribution in [0.15, 0.2) is 37.6 Å². The number of hydrogen-bond acceptors (Lipinski definition) is 5. The fourth-order valence-electron chi connectivity index (χ4n) is 2.55. The Balaban J connectivity index is 1.90. The molecule has 3 N–H and O–H groups in total. The number of H-pyrrole nitrogens is 1. The Kier molecular flexibility index (Phi) is 2.95. The molecule has 120 valence electrons. The predicted molar refractivity (Wildman–Crippen MR) is 86.0 cm³/mol. The van der Waals surface area contributed by atoms with E-state index in [0.29, 0.717) is 17.1 Å². The Labute approximate surface area is 135 Å². The molecular weight excluding hydrogens is 311 g/mol. The van der Waals surface area contributed by atoms with Gasteiger partial charge in [0.2, 0.25) is 0 Å². The van der Waals surface area contributed by atoms with E-state index in [1.807, 2.05) is 16.7 Å². The zero-order valence-corrected chi connectivity index (χ0v) is 12.7. The summed E-state index contributed by atoms with van der Waals surface area (Å²) in [6, 6.07) is 1.83. The van der Waals surface area contributed by atoms with Gasteiger partial charge in [-0.25, -0.2) is 14.4 Å². The summed E-state index contributed by atoms with van der Waals surface area (Å²) in [4.78, 5) is 8.52. The number of rotatable bonds is 3. The minimum atomic E-state index is -0.473. The Hall–Kier alpha value is -3.49. The number of pyridine rings is 1. The number of nitrogens with one attached hydrogen (secondary N) is 1. The predicted octanol–water partition coefficient (Wildman–Crippen LogP) is 1.59. The van der Waals surface area contributed by atoms with Crippen LogP contribution in [0.2, 0.25) is 0 Å². The lowest BCUT2D eigenvalue weighted by molar-refractivity contribution is 0.628. The Morgan fingerprint density at radius 2 is 2.21 bits per heavy atom. The maximum absolute atomic E-state index is 13.9. The molecule has 0 aliphatic carbocycles. The number of nitrogens with zero attached hydrogens (tertiary/aromatic N) is 6. The highest BCUT2D eigenvalue weighted by Gasteiger charge is 2.18. The van der Waals surface area contributed by atoms with Crippen molar-refractivity contribution in [2.24, 2.45) is 12.8 Å². The van der Waals surface area contributed by atoms with E-state index in [-0.39, 0.29) is 11.5 Å². The van der Waals surface area contributed by atoms with Crippen LogP contribution >= 0.6 is 0 Å². The summed E-state index contributed by atoms with van der Waals surface area (Å²) < 4.78 is 17.1. The van der Waals surface area contributed by atoms with Crippen molar-refractivity contribution in [2.75, 3.05) is 0 Å². The van der Waals surface area contributed by atoms with Crippen LogP contribution in [0.25, 0.3) is 34.1 Å². The summed E-state index contributed by atoms with van der Waals surface area (Å²) in [5.41, 5.74) is 8.70. The molecule has 4 rings (SSSR count). The highest BCUT2D eigenvalue weighted by Crippen LogP contribution is 2.26. The smallest absolute Gasteiger partial charge is 0.183 e. The van der Waals surface area contributed by atoms with Crippen molar-refractivity contribution in [3.8, 4) is 22.9 Å². The SMILES string of the molecule is C=C(N)c1cc(-c2n[nH]c(-c3c(F)cnn3C)n2)c2cncn2c1. The fraction of sp³-hybridized carbons (Fsp3) is 0.0667. The van der Waals surface area contributed by atoms with Crippen molar-refractivity contribution in [3.05, 3.63) is 48.9 Å². The van der Waals surface area contributed by atoms with E-state index in [1.54, 1.807) is 19.6 Å². The molecule has 4 heterocycles. The van der Waals surface area contributed by atoms with Gasteiger partial charge in [0.25, 0.3) is 0 Å². The third-order valence-corrected chi connectivity index (χ3v) is 3.74. The van der Waals surface area contributed by atoms with Gasteiger partial charge in [0.05, 0.1) is 24.2 Å². The first-order chi connectivity index (χ1) is 11.5. The van der Waals surface area contributed by atoms with E-state index in [9.17, 15) is 4.39 Å².